The largest absolute Gasteiger partial charge is 0.480 e. The topological polar surface area (TPSA) is 75.6 Å². The second-order valence-electron chi connectivity index (χ2n) is 5.03. The average molecular weight is 356 g/mol. The van der Waals surface area contributed by atoms with Crippen LogP contribution < -0.4 is 5.32 Å². The monoisotopic (exact) mass is 355 g/mol. The molecule has 0 aromatic heterocycles. The average Bonchev–Trinajstić information content (AvgIpc) is 2.42. The SMILES string of the molecule is C=CCOC(=O)NC(C(=O)O)C(C)(C)c1ccc(Br)cc1. The number of alkyl carbamates (subject to hydrolysis) is 1. The van der Waals surface area contributed by atoms with Crippen LogP contribution in [0.2, 0.25) is 0 Å². The highest BCUT2D eigenvalue weighted by molar-refractivity contribution is 9.10. The van der Waals surface area contributed by atoms with Crippen molar-refractivity contribution in [1.82, 2.24) is 5.32 Å². The maximum absolute atomic E-state index is 11.6. The molecular weight excluding hydrogens is 338 g/mol. The van der Waals surface area contributed by atoms with Crippen LogP contribution in [-0.2, 0) is 14.9 Å². The fraction of sp³-hybridized carbons (Fsp3) is 0.333. The molecule has 0 aliphatic heterocycles. The number of carboxylic acids is 1. The molecule has 1 aromatic carbocycles. The molecule has 6 heteroatoms. The molecule has 2 N–H and O–H groups in total. The van der Waals surface area contributed by atoms with Gasteiger partial charge in [-0.05, 0) is 17.7 Å². The predicted molar refractivity (Wildman–Crippen MR) is 83.3 cm³/mol. The Hall–Kier alpha value is -1.82. The van der Waals surface area contributed by atoms with Gasteiger partial charge in [0.1, 0.15) is 12.6 Å². The number of ether oxygens (including phenoxy) is 1. The summed E-state index contributed by atoms with van der Waals surface area (Å²) in [5, 5.41) is 11.8. The molecular formula is C15H18BrNO4. The lowest BCUT2D eigenvalue weighted by Crippen LogP contribution is -2.52. The van der Waals surface area contributed by atoms with E-state index in [9.17, 15) is 14.7 Å². The summed E-state index contributed by atoms with van der Waals surface area (Å²) >= 11 is 3.33. The Labute approximate surface area is 132 Å². The second kappa shape index (κ2) is 7.26. The standard InChI is InChI=1S/C15H18BrNO4/c1-4-9-21-14(20)17-12(13(18)19)15(2,3)10-5-7-11(16)8-6-10/h4-8,12H,1,9H2,2-3H3,(H,17,20)(H,18,19). The fourth-order valence-electron chi connectivity index (χ4n) is 1.89. The van der Waals surface area contributed by atoms with Crippen molar-refractivity contribution in [2.75, 3.05) is 6.61 Å². The third-order valence-electron chi connectivity index (χ3n) is 3.15. The van der Waals surface area contributed by atoms with Crippen molar-refractivity contribution < 1.29 is 19.4 Å². The van der Waals surface area contributed by atoms with Gasteiger partial charge in [-0.25, -0.2) is 9.59 Å². The zero-order chi connectivity index (χ0) is 16.0. The Kier molecular flexibility index (Phi) is 5.96. The van der Waals surface area contributed by atoms with Crippen molar-refractivity contribution in [1.29, 1.82) is 0 Å². The van der Waals surface area contributed by atoms with Crippen LogP contribution >= 0.6 is 15.9 Å². The van der Waals surface area contributed by atoms with E-state index >= 15 is 0 Å². The zero-order valence-electron chi connectivity index (χ0n) is 11.9. The van der Waals surface area contributed by atoms with Crippen LogP contribution in [0.15, 0.2) is 41.4 Å². The van der Waals surface area contributed by atoms with Crippen LogP contribution in [0, 0.1) is 0 Å². The molecule has 5 nitrogen and oxygen atoms in total. The highest BCUT2D eigenvalue weighted by Crippen LogP contribution is 2.28. The molecule has 1 amide bonds. The highest BCUT2D eigenvalue weighted by Gasteiger charge is 2.38. The molecule has 0 saturated heterocycles. The van der Waals surface area contributed by atoms with Gasteiger partial charge in [-0.1, -0.05) is 54.6 Å². The van der Waals surface area contributed by atoms with E-state index in [1.165, 1.54) is 6.08 Å². The maximum Gasteiger partial charge on any atom is 0.408 e. The first-order chi connectivity index (χ1) is 9.78. The number of carbonyl (C=O) groups is 2. The number of rotatable bonds is 6. The maximum atomic E-state index is 11.6. The minimum absolute atomic E-state index is 0.0247. The van der Waals surface area contributed by atoms with Gasteiger partial charge in [-0.3, -0.25) is 0 Å². The molecule has 1 unspecified atom stereocenters. The summed E-state index contributed by atoms with van der Waals surface area (Å²) < 4.78 is 5.68. The van der Waals surface area contributed by atoms with Crippen molar-refractivity contribution in [2.24, 2.45) is 0 Å². The third-order valence-corrected chi connectivity index (χ3v) is 3.68. The summed E-state index contributed by atoms with van der Waals surface area (Å²) in [6.45, 7) is 6.96. The van der Waals surface area contributed by atoms with E-state index in [2.05, 4.69) is 27.8 Å². The lowest BCUT2D eigenvalue weighted by molar-refractivity contribution is -0.141. The Morgan fingerprint density at radius 3 is 2.48 bits per heavy atom. The van der Waals surface area contributed by atoms with Gasteiger partial charge in [0.25, 0.3) is 0 Å². The number of amides is 1. The van der Waals surface area contributed by atoms with Crippen LogP contribution in [0.3, 0.4) is 0 Å². The first-order valence-corrected chi connectivity index (χ1v) is 7.11. The van der Waals surface area contributed by atoms with E-state index in [-0.39, 0.29) is 6.61 Å². The van der Waals surface area contributed by atoms with Crippen molar-refractivity contribution in [3.63, 3.8) is 0 Å². The first-order valence-electron chi connectivity index (χ1n) is 6.32. The number of nitrogens with one attached hydrogen (secondary N) is 1. The fourth-order valence-corrected chi connectivity index (χ4v) is 2.16. The van der Waals surface area contributed by atoms with E-state index in [1.807, 2.05) is 24.3 Å². The molecule has 0 heterocycles. The van der Waals surface area contributed by atoms with Crippen LogP contribution in [-0.4, -0.2) is 29.8 Å². The molecule has 0 aliphatic carbocycles. The number of benzene rings is 1. The number of halogens is 1. The van der Waals surface area contributed by atoms with E-state index in [1.54, 1.807) is 13.8 Å². The quantitative estimate of drug-likeness (QED) is 0.768. The Bertz CT molecular complexity index is 525. The van der Waals surface area contributed by atoms with Crippen LogP contribution in [0.1, 0.15) is 19.4 Å². The lowest BCUT2D eigenvalue weighted by atomic mass is 9.77. The summed E-state index contributed by atoms with van der Waals surface area (Å²) in [5.41, 5.74) is -0.0122. The van der Waals surface area contributed by atoms with Crippen LogP contribution in [0.25, 0.3) is 0 Å². The summed E-state index contributed by atoms with van der Waals surface area (Å²) in [4.78, 5) is 23.1. The number of carbonyl (C=O) groups excluding carboxylic acids is 1. The predicted octanol–water partition coefficient (Wildman–Crippen LogP) is 3.09. The minimum atomic E-state index is -1.13. The minimum Gasteiger partial charge on any atom is -0.480 e. The summed E-state index contributed by atoms with van der Waals surface area (Å²) in [6.07, 6.45) is 0.627. The normalized spacial score (nSPS) is 12.3. The molecule has 0 fully saturated rings. The Morgan fingerprint density at radius 1 is 1.43 bits per heavy atom. The second-order valence-corrected chi connectivity index (χ2v) is 5.95. The van der Waals surface area contributed by atoms with E-state index in [0.29, 0.717) is 0 Å². The third kappa shape index (κ3) is 4.60. The van der Waals surface area contributed by atoms with Gasteiger partial charge in [0.05, 0.1) is 0 Å². The van der Waals surface area contributed by atoms with Gasteiger partial charge in [0, 0.05) is 9.89 Å². The van der Waals surface area contributed by atoms with Gasteiger partial charge >= 0.3 is 12.1 Å². The van der Waals surface area contributed by atoms with Crippen molar-refractivity contribution in [3.8, 4) is 0 Å². The van der Waals surface area contributed by atoms with E-state index in [0.717, 1.165) is 10.0 Å². The van der Waals surface area contributed by atoms with Gasteiger partial charge in [-0.15, -0.1) is 0 Å². The van der Waals surface area contributed by atoms with E-state index in [4.69, 9.17) is 4.74 Å². The van der Waals surface area contributed by atoms with Gasteiger partial charge in [0.2, 0.25) is 0 Å². The van der Waals surface area contributed by atoms with Crippen molar-refractivity contribution in [2.45, 2.75) is 25.3 Å². The first kappa shape index (κ1) is 17.2. The molecule has 1 aromatic rings. The number of hydrogen-bond acceptors (Lipinski definition) is 3. The lowest BCUT2D eigenvalue weighted by Gasteiger charge is -2.32. The Morgan fingerprint density at radius 2 is 2.00 bits per heavy atom. The molecule has 0 radical (unpaired) electrons. The number of hydrogen-bond donors (Lipinski definition) is 2. The Balaban J connectivity index is 2.97. The van der Waals surface area contributed by atoms with Crippen LogP contribution in [0.4, 0.5) is 4.79 Å². The zero-order valence-corrected chi connectivity index (χ0v) is 13.5. The molecule has 1 rings (SSSR count). The van der Waals surface area contributed by atoms with Gasteiger partial charge < -0.3 is 15.2 Å². The summed E-state index contributed by atoms with van der Waals surface area (Å²) in [6, 6.07) is 6.17. The molecule has 114 valence electrons. The van der Waals surface area contributed by atoms with Gasteiger partial charge in [-0.2, -0.15) is 0 Å². The number of carboxylic acid groups (broad SMARTS) is 1. The van der Waals surface area contributed by atoms with Crippen LogP contribution in [0.5, 0.6) is 0 Å². The molecule has 0 bridgehead atoms. The molecule has 1 atom stereocenters. The molecule has 21 heavy (non-hydrogen) atoms. The van der Waals surface area contributed by atoms with E-state index < -0.39 is 23.5 Å². The molecule has 0 spiro atoms. The van der Waals surface area contributed by atoms with Crippen molar-refractivity contribution >= 4 is 28.0 Å². The summed E-state index contributed by atoms with van der Waals surface area (Å²) in [7, 11) is 0. The summed E-state index contributed by atoms with van der Waals surface area (Å²) in [5.74, 6) is -1.13. The van der Waals surface area contributed by atoms with Gasteiger partial charge in [0.15, 0.2) is 0 Å². The smallest absolute Gasteiger partial charge is 0.408 e. The molecule has 0 saturated carbocycles. The highest BCUT2D eigenvalue weighted by atomic mass is 79.9. The number of aliphatic carboxylic acids is 1. The molecule has 0 aliphatic rings. The van der Waals surface area contributed by atoms with Crippen molar-refractivity contribution in [3.05, 3.63) is 47.0 Å².